The second-order valence-corrected chi connectivity index (χ2v) is 6.31. The number of imidazole rings is 1. The van der Waals surface area contributed by atoms with Gasteiger partial charge in [-0.05, 0) is 24.3 Å². The quantitative estimate of drug-likeness (QED) is 0.768. The van der Waals surface area contributed by atoms with Gasteiger partial charge in [0.05, 0.1) is 24.8 Å². The minimum Gasteiger partial charge on any atom is -0.379 e. The number of ether oxygens (including phenoxy) is 1. The molecule has 2 aromatic heterocycles. The third kappa shape index (κ3) is 3.40. The van der Waals surface area contributed by atoms with Crippen molar-refractivity contribution in [1.29, 1.82) is 5.26 Å². The van der Waals surface area contributed by atoms with E-state index in [-0.39, 0.29) is 0 Å². The summed E-state index contributed by atoms with van der Waals surface area (Å²) in [4.78, 5) is 7.18. The van der Waals surface area contributed by atoms with E-state index in [0.29, 0.717) is 5.56 Å². The molecule has 1 saturated heterocycles. The molecule has 0 saturated carbocycles. The second-order valence-electron chi connectivity index (χ2n) is 6.31. The summed E-state index contributed by atoms with van der Waals surface area (Å²) in [7, 11) is 0. The number of fused-ring (bicyclic) bond motifs is 1. The normalized spacial score (nSPS) is 15.0. The van der Waals surface area contributed by atoms with Crippen LogP contribution in [-0.4, -0.2) is 53.7 Å². The zero-order valence-electron chi connectivity index (χ0n) is 14.6. The average Bonchev–Trinajstić information content (AvgIpc) is 3.08. The van der Waals surface area contributed by atoms with E-state index in [1.807, 2.05) is 48.7 Å². The molecule has 0 unspecified atom stereocenters. The van der Waals surface area contributed by atoms with Crippen LogP contribution in [0.4, 0.5) is 5.82 Å². The van der Waals surface area contributed by atoms with Crippen LogP contribution in [-0.2, 0) is 4.74 Å². The fourth-order valence-corrected chi connectivity index (χ4v) is 3.26. The van der Waals surface area contributed by atoms with Crippen LogP contribution in [0.5, 0.6) is 0 Å². The zero-order valence-corrected chi connectivity index (χ0v) is 14.6. The van der Waals surface area contributed by atoms with Gasteiger partial charge in [-0.2, -0.15) is 5.26 Å². The maximum absolute atomic E-state index is 9.20. The fourth-order valence-electron chi connectivity index (χ4n) is 3.26. The largest absolute Gasteiger partial charge is 0.379 e. The summed E-state index contributed by atoms with van der Waals surface area (Å²) >= 11 is 0. The van der Waals surface area contributed by atoms with Gasteiger partial charge in [-0.15, -0.1) is 0 Å². The van der Waals surface area contributed by atoms with Gasteiger partial charge in [-0.1, -0.05) is 18.2 Å². The Kier molecular flexibility index (Phi) is 4.82. The SMILES string of the molecule is N#Cc1cccc(-c2nc3ccccn3c2NCCN2CCOCC2)c1. The molecule has 0 atom stereocenters. The number of benzene rings is 1. The number of hydrogen-bond donors (Lipinski definition) is 1. The van der Waals surface area contributed by atoms with E-state index in [1.54, 1.807) is 0 Å². The van der Waals surface area contributed by atoms with Crippen LogP contribution in [0, 0.1) is 11.3 Å². The van der Waals surface area contributed by atoms with Crippen molar-refractivity contribution in [3.63, 3.8) is 0 Å². The predicted octanol–water partition coefficient (Wildman–Crippen LogP) is 2.62. The standard InChI is InChI=1S/C20H21N5O/c21-15-16-4-3-5-17(14-16)19-20(25-8-2-1-6-18(25)23-19)22-7-9-24-10-12-26-13-11-24/h1-6,8,14,22H,7,9-13H2. The first-order valence-electron chi connectivity index (χ1n) is 8.87. The highest BCUT2D eigenvalue weighted by Gasteiger charge is 2.15. The molecule has 4 rings (SSSR count). The first-order chi connectivity index (χ1) is 12.8. The molecular weight excluding hydrogens is 326 g/mol. The van der Waals surface area contributed by atoms with Crippen molar-refractivity contribution in [3.8, 4) is 17.3 Å². The maximum atomic E-state index is 9.20. The highest BCUT2D eigenvalue weighted by atomic mass is 16.5. The van der Waals surface area contributed by atoms with Crippen LogP contribution >= 0.6 is 0 Å². The van der Waals surface area contributed by atoms with E-state index < -0.39 is 0 Å². The van der Waals surface area contributed by atoms with Crippen molar-refractivity contribution in [1.82, 2.24) is 14.3 Å². The van der Waals surface area contributed by atoms with Gasteiger partial charge in [-0.25, -0.2) is 4.98 Å². The summed E-state index contributed by atoms with van der Waals surface area (Å²) in [6.07, 6.45) is 2.01. The van der Waals surface area contributed by atoms with Gasteiger partial charge in [0.1, 0.15) is 17.2 Å². The zero-order chi connectivity index (χ0) is 17.8. The van der Waals surface area contributed by atoms with Crippen molar-refractivity contribution in [3.05, 3.63) is 54.2 Å². The van der Waals surface area contributed by atoms with Gasteiger partial charge < -0.3 is 10.1 Å². The number of morpholine rings is 1. The number of nitrogens with one attached hydrogen (secondary N) is 1. The van der Waals surface area contributed by atoms with E-state index in [0.717, 1.165) is 62.1 Å². The smallest absolute Gasteiger partial charge is 0.139 e. The lowest BCUT2D eigenvalue weighted by Crippen LogP contribution is -2.39. The third-order valence-corrected chi connectivity index (χ3v) is 4.62. The molecule has 3 heterocycles. The average molecular weight is 347 g/mol. The Morgan fingerprint density at radius 2 is 2.04 bits per heavy atom. The van der Waals surface area contributed by atoms with Gasteiger partial charge in [0.2, 0.25) is 0 Å². The van der Waals surface area contributed by atoms with E-state index in [4.69, 9.17) is 9.72 Å². The number of hydrogen-bond acceptors (Lipinski definition) is 5. The molecule has 1 fully saturated rings. The van der Waals surface area contributed by atoms with Gasteiger partial charge in [0, 0.05) is 37.9 Å². The maximum Gasteiger partial charge on any atom is 0.139 e. The number of rotatable bonds is 5. The molecule has 0 spiro atoms. The van der Waals surface area contributed by atoms with Crippen LogP contribution in [0.3, 0.4) is 0 Å². The van der Waals surface area contributed by atoms with E-state index in [1.165, 1.54) is 0 Å². The molecule has 6 heteroatoms. The van der Waals surface area contributed by atoms with Crippen LogP contribution in [0.25, 0.3) is 16.9 Å². The molecule has 132 valence electrons. The Labute approximate surface area is 152 Å². The Morgan fingerprint density at radius 1 is 1.15 bits per heavy atom. The van der Waals surface area contributed by atoms with Crippen LogP contribution < -0.4 is 5.32 Å². The van der Waals surface area contributed by atoms with Crippen LogP contribution in [0.1, 0.15) is 5.56 Å². The molecule has 0 radical (unpaired) electrons. The highest BCUT2D eigenvalue weighted by molar-refractivity contribution is 5.77. The molecule has 0 bridgehead atoms. The molecule has 1 aromatic carbocycles. The number of pyridine rings is 1. The van der Waals surface area contributed by atoms with E-state index >= 15 is 0 Å². The number of nitriles is 1. The Balaban J connectivity index is 1.62. The predicted molar refractivity (Wildman–Crippen MR) is 101 cm³/mol. The third-order valence-electron chi connectivity index (χ3n) is 4.62. The first kappa shape index (κ1) is 16.6. The number of aromatic nitrogens is 2. The number of nitrogens with zero attached hydrogens (tertiary/aromatic N) is 4. The van der Waals surface area contributed by atoms with E-state index in [9.17, 15) is 5.26 Å². The summed E-state index contributed by atoms with van der Waals surface area (Å²) in [5.74, 6) is 0.962. The second kappa shape index (κ2) is 7.56. The van der Waals surface area contributed by atoms with Crippen molar-refractivity contribution in [2.75, 3.05) is 44.7 Å². The monoisotopic (exact) mass is 347 g/mol. The Hall–Kier alpha value is -2.88. The first-order valence-corrected chi connectivity index (χ1v) is 8.87. The Bertz CT molecular complexity index is 937. The Morgan fingerprint density at radius 3 is 2.88 bits per heavy atom. The highest BCUT2D eigenvalue weighted by Crippen LogP contribution is 2.29. The molecule has 1 N–H and O–H groups in total. The minimum atomic E-state index is 0.638. The van der Waals surface area contributed by atoms with Crippen molar-refractivity contribution in [2.24, 2.45) is 0 Å². The minimum absolute atomic E-state index is 0.638. The lowest BCUT2D eigenvalue weighted by Gasteiger charge is -2.26. The summed E-state index contributed by atoms with van der Waals surface area (Å²) < 4.78 is 7.47. The van der Waals surface area contributed by atoms with Gasteiger partial charge in [0.15, 0.2) is 0 Å². The summed E-state index contributed by atoms with van der Waals surface area (Å²) in [6, 6.07) is 15.8. The molecule has 26 heavy (non-hydrogen) atoms. The van der Waals surface area contributed by atoms with Gasteiger partial charge in [0.25, 0.3) is 0 Å². The van der Waals surface area contributed by atoms with Crippen molar-refractivity contribution in [2.45, 2.75) is 0 Å². The lowest BCUT2D eigenvalue weighted by atomic mass is 10.1. The molecule has 6 nitrogen and oxygen atoms in total. The molecule has 0 aliphatic carbocycles. The topological polar surface area (TPSA) is 65.6 Å². The molecular formula is C20H21N5O. The molecule has 1 aliphatic heterocycles. The summed E-state index contributed by atoms with van der Waals surface area (Å²) in [5.41, 5.74) is 3.34. The van der Waals surface area contributed by atoms with Gasteiger partial charge in [-0.3, -0.25) is 9.30 Å². The summed E-state index contributed by atoms with van der Waals surface area (Å²) in [5, 5.41) is 12.8. The lowest BCUT2D eigenvalue weighted by molar-refractivity contribution is 0.0398. The van der Waals surface area contributed by atoms with Crippen molar-refractivity contribution >= 4 is 11.5 Å². The van der Waals surface area contributed by atoms with E-state index in [2.05, 4.69) is 20.7 Å². The summed E-state index contributed by atoms with van der Waals surface area (Å²) in [6.45, 7) is 5.36. The molecule has 0 amide bonds. The van der Waals surface area contributed by atoms with Crippen molar-refractivity contribution < 1.29 is 4.74 Å². The fraction of sp³-hybridized carbons (Fsp3) is 0.300. The van der Waals surface area contributed by atoms with Crippen LogP contribution in [0.2, 0.25) is 0 Å². The number of anilines is 1. The molecule has 3 aromatic rings. The van der Waals surface area contributed by atoms with Gasteiger partial charge >= 0.3 is 0 Å². The van der Waals surface area contributed by atoms with Crippen LogP contribution in [0.15, 0.2) is 48.7 Å². The molecule has 1 aliphatic rings.